The Morgan fingerprint density at radius 3 is 2.08 bits per heavy atom. The van der Waals surface area contributed by atoms with Gasteiger partial charge in [0.2, 0.25) is 17.7 Å². The molecule has 0 spiro atoms. The van der Waals surface area contributed by atoms with Gasteiger partial charge in [0.15, 0.2) is 0 Å². The second-order valence-electron chi connectivity index (χ2n) is 7.16. The fraction of sp³-hybridized carbons (Fsp3) is 0.812. The SMILES string of the molecule is C[C@H](C(=O)N1CCOCC1)N1C(=O)[C@@H]2[C@H]3C[C@@H]([C@H](Br)[C@H]3Br)[C@H]2C1=O. The summed E-state index contributed by atoms with van der Waals surface area (Å²) in [4.78, 5) is 42.0. The van der Waals surface area contributed by atoms with Crippen molar-refractivity contribution in [1.82, 2.24) is 9.80 Å². The quantitative estimate of drug-likeness (QED) is 0.452. The molecule has 2 bridgehead atoms. The zero-order chi connectivity index (χ0) is 17.2. The Kier molecular flexibility index (Phi) is 4.28. The maximum absolute atomic E-state index is 12.9. The van der Waals surface area contributed by atoms with Crippen LogP contribution in [0, 0.1) is 23.7 Å². The third-order valence-electron chi connectivity index (χ3n) is 6.09. The summed E-state index contributed by atoms with van der Waals surface area (Å²) in [6, 6.07) is -0.726. The first-order valence-corrected chi connectivity index (χ1v) is 10.3. The number of hydrogen-bond acceptors (Lipinski definition) is 4. The molecule has 24 heavy (non-hydrogen) atoms. The number of morpholine rings is 1. The van der Waals surface area contributed by atoms with E-state index in [2.05, 4.69) is 31.9 Å². The highest BCUT2D eigenvalue weighted by atomic mass is 79.9. The van der Waals surface area contributed by atoms with Crippen LogP contribution in [0.3, 0.4) is 0 Å². The molecule has 7 atom stereocenters. The molecule has 0 N–H and O–H groups in total. The number of alkyl halides is 2. The Hall–Kier alpha value is -0.470. The lowest BCUT2D eigenvalue weighted by atomic mass is 9.81. The summed E-state index contributed by atoms with van der Waals surface area (Å²) in [6.45, 7) is 3.72. The summed E-state index contributed by atoms with van der Waals surface area (Å²) in [5, 5.41) is 0. The smallest absolute Gasteiger partial charge is 0.245 e. The molecule has 3 amide bonds. The van der Waals surface area contributed by atoms with E-state index in [-0.39, 0.29) is 51.0 Å². The molecule has 2 heterocycles. The van der Waals surface area contributed by atoms with E-state index < -0.39 is 6.04 Å². The number of halogens is 2. The van der Waals surface area contributed by atoms with E-state index >= 15 is 0 Å². The Balaban J connectivity index is 1.56. The van der Waals surface area contributed by atoms with Gasteiger partial charge in [-0.15, -0.1) is 0 Å². The first-order chi connectivity index (χ1) is 11.4. The van der Waals surface area contributed by atoms with Crippen LogP contribution in [-0.2, 0) is 19.1 Å². The van der Waals surface area contributed by atoms with Gasteiger partial charge in [-0.2, -0.15) is 0 Å². The van der Waals surface area contributed by atoms with Gasteiger partial charge in [-0.25, -0.2) is 0 Å². The summed E-state index contributed by atoms with van der Waals surface area (Å²) < 4.78 is 5.27. The van der Waals surface area contributed by atoms with Gasteiger partial charge in [-0.3, -0.25) is 19.3 Å². The minimum atomic E-state index is -0.726. The van der Waals surface area contributed by atoms with Gasteiger partial charge >= 0.3 is 0 Å². The molecule has 0 radical (unpaired) electrons. The van der Waals surface area contributed by atoms with Crippen LogP contribution >= 0.6 is 31.9 Å². The molecule has 8 heteroatoms. The number of nitrogens with zero attached hydrogens (tertiary/aromatic N) is 2. The molecule has 4 aliphatic rings. The van der Waals surface area contributed by atoms with Gasteiger partial charge in [0.1, 0.15) is 6.04 Å². The molecule has 0 unspecified atom stereocenters. The standard InChI is InChI=1S/C16H20Br2N2O4/c1-7(14(21)19-2-4-24-5-3-19)20-15(22)10-8-6-9(11(10)16(20)23)13(18)12(8)17/h7-13H,2-6H2,1H3/t7-,8-,9-,10-,11-,12+,13+/m1/s1. The molecule has 0 aromatic rings. The minimum absolute atomic E-state index is 0.155. The Labute approximate surface area is 157 Å². The van der Waals surface area contributed by atoms with Gasteiger partial charge in [0.25, 0.3) is 0 Å². The number of ether oxygens (including phenoxy) is 1. The molecule has 6 nitrogen and oxygen atoms in total. The third-order valence-corrected chi connectivity index (χ3v) is 9.30. The number of rotatable bonds is 2. The van der Waals surface area contributed by atoms with Crippen LogP contribution in [-0.4, -0.2) is 69.5 Å². The number of fused-ring (bicyclic) bond motifs is 5. The molecule has 2 aliphatic carbocycles. The van der Waals surface area contributed by atoms with Gasteiger partial charge in [0.05, 0.1) is 25.0 Å². The Morgan fingerprint density at radius 1 is 1.08 bits per heavy atom. The monoisotopic (exact) mass is 462 g/mol. The zero-order valence-electron chi connectivity index (χ0n) is 13.4. The largest absolute Gasteiger partial charge is 0.378 e. The number of carbonyl (C=O) groups excluding carboxylic acids is 3. The predicted octanol–water partition coefficient (Wildman–Crippen LogP) is 1.01. The fourth-order valence-corrected chi connectivity index (χ4v) is 6.79. The van der Waals surface area contributed by atoms with Crippen molar-refractivity contribution in [3.8, 4) is 0 Å². The predicted molar refractivity (Wildman–Crippen MR) is 92.7 cm³/mol. The number of imide groups is 1. The molecule has 4 rings (SSSR count). The van der Waals surface area contributed by atoms with Crippen molar-refractivity contribution in [2.24, 2.45) is 23.7 Å². The first-order valence-electron chi connectivity index (χ1n) is 8.45. The molecule has 0 aromatic carbocycles. The molecule has 132 valence electrons. The number of amides is 3. The number of likely N-dealkylation sites (tertiary alicyclic amines) is 1. The zero-order valence-corrected chi connectivity index (χ0v) is 16.5. The highest BCUT2D eigenvalue weighted by Crippen LogP contribution is 2.60. The van der Waals surface area contributed by atoms with Crippen molar-refractivity contribution < 1.29 is 19.1 Å². The second-order valence-corrected chi connectivity index (χ2v) is 9.28. The van der Waals surface area contributed by atoms with E-state index in [1.807, 2.05) is 0 Å². The van der Waals surface area contributed by atoms with Crippen LogP contribution in [0.25, 0.3) is 0 Å². The maximum atomic E-state index is 12.9. The van der Waals surface area contributed by atoms with Crippen molar-refractivity contribution in [3.05, 3.63) is 0 Å². The molecule has 0 aromatic heterocycles. The van der Waals surface area contributed by atoms with Crippen molar-refractivity contribution in [3.63, 3.8) is 0 Å². The molecule has 2 saturated carbocycles. The summed E-state index contributed by atoms with van der Waals surface area (Å²) in [5.41, 5.74) is 0. The molecule has 4 fully saturated rings. The van der Waals surface area contributed by atoms with E-state index in [1.54, 1.807) is 11.8 Å². The average molecular weight is 464 g/mol. The van der Waals surface area contributed by atoms with Crippen molar-refractivity contribution in [1.29, 1.82) is 0 Å². The van der Waals surface area contributed by atoms with E-state index in [0.29, 0.717) is 26.3 Å². The highest BCUT2D eigenvalue weighted by Gasteiger charge is 2.67. The normalized spacial score (nSPS) is 42.6. The molecule has 2 saturated heterocycles. The lowest BCUT2D eigenvalue weighted by molar-refractivity contribution is -0.153. The Morgan fingerprint density at radius 2 is 1.58 bits per heavy atom. The van der Waals surface area contributed by atoms with Crippen LogP contribution in [0.15, 0.2) is 0 Å². The van der Waals surface area contributed by atoms with E-state index in [9.17, 15) is 14.4 Å². The molecular weight excluding hydrogens is 444 g/mol. The summed E-state index contributed by atoms with van der Waals surface area (Å²) in [7, 11) is 0. The average Bonchev–Trinajstić information content (AvgIpc) is 3.19. The Bertz CT molecular complexity index is 563. The van der Waals surface area contributed by atoms with E-state index in [0.717, 1.165) is 6.42 Å². The number of carbonyl (C=O) groups is 3. The molecule has 2 aliphatic heterocycles. The van der Waals surface area contributed by atoms with Crippen molar-refractivity contribution in [2.45, 2.75) is 29.0 Å². The second kappa shape index (κ2) is 6.06. The lowest BCUT2D eigenvalue weighted by Crippen LogP contribution is -2.52. The fourth-order valence-electron chi connectivity index (χ4n) is 4.91. The third kappa shape index (κ3) is 2.25. The van der Waals surface area contributed by atoms with Gasteiger partial charge < -0.3 is 9.64 Å². The topological polar surface area (TPSA) is 66.9 Å². The van der Waals surface area contributed by atoms with Crippen molar-refractivity contribution in [2.75, 3.05) is 26.3 Å². The van der Waals surface area contributed by atoms with Crippen LogP contribution in [0.5, 0.6) is 0 Å². The van der Waals surface area contributed by atoms with E-state index in [4.69, 9.17) is 4.74 Å². The first kappa shape index (κ1) is 17.0. The lowest BCUT2D eigenvalue weighted by Gasteiger charge is -2.32. The summed E-state index contributed by atoms with van der Waals surface area (Å²) >= 11 is 7.35. The minimum Gasteiger partial charge on any atom is -0.378 e. The van der Waals surface area contributed by atoms with Crippen molar-refractivity contribution >= 4 is 49.6 Å². The van der Waals surface area contributed by atoms with Gasteiger partial charge in [0, 0.05) is 22.7 Å². The van der Waals surface area contributed by atoms with Gasteiger partial charge in [-0.1, -0.05) is 31.9 Å². The highest BCUT2D eigenvalue weighted by molar-refractivity contribution is 9.12. The number of hydrogen-bond donors (Lipinski definition) is 0. The van der Waals surface area contributed by atoms with Gasteiger partial charge in [-0.05, 0) is 25.2 Å². The van der Waals surface area contributed by atoms with Crippen LogP contribution in [0.4, 0.5) is 0 Å². The van der Waals surface area contributed by atoms with E-state index in [1.165, 1.54) is 4.90 Å². The summed E-state index contributed by atoms with van der Waals surface area (Å²) in [5.74, 6) is -0.640. The summed E-state index contributed by atoms with van der Waals surface area (Å²) in [6.07, 6.45) is 0.901. The molecular formula is C16H20Br2N2O4. The van der Waals surface area contributed by atoms with Crippen LogP contribution in [0.1, 0.15) is 13.3 Å². The van der Waals surface area contributed by atoms with Crippen LogP contribution < -0.4 is 0 Å². The van der Waals surface area contributed by atoms with Crippen LogP contribution in [0.2, 0.25) is 0 Å². The maximum Gasteiger partial charge on any atom is 0.245 e.